The van der Waals surface area contributed by atoms with Gasteiger partial charge in [0.1, 0.15) is 0 Å². The molecule has 0 fully saturated rings. The molecule has 1 N–H and O–H groups in total. The maximum atomic E-state index is 13.6. The van der Waals surface area contributed by atoms with Crippen LogP contribution >= 0.6 is 0 Å². The van der Waals surface area contributed by atoms with Crippen LogP contribution in [0, 0.1) is 0 Å². The Bertz CT molecular complexity index is 745. The van der Waals surface area contributed by atoms with Gasteiger partial charge in [-0.2, -0.15) is 74.6 Å². The van der Waals surface area contributed by atoms with Gasteiger partial charge in [-0.05, 0) is 12.8 Å². The van der Waals surface area contributed by atoms with Gasteiger partial charge < -0.3 is 9.84 Å². The average molecular weight is 578 g/mol. The predicted molar refractivity (Wildman–Crippen MR) is 81.8 cm³/mol. The number of esters is 1. The summed E-state index contributed by atoms with van der Waals surface area (Å²) in [6.07, 6.45) is -11.0. The van der Waals surface area contributed by atoms with Crippen molar-refractivity contribution in [2.75, 3.05) is 13.2 Å². The number of alkyl halides is 17. The summed E-state index contributed by atoms with van der Waals surface area (Å²) in [5.41, 5.74) is 0. The highest BCUT2D eigenvalue weighted by atomic mass is 19.4. The van der Waals surface area contributed by atoms with Crippen molar-refractivity contribution < 1.29 is 89.3 Å². The number of unbranched alkanes of at least 4 members (excludes halogenated alkanes) is 2. The van der Waals surface area contributed by atoms with Crippen LogP contribution in [0.1, 0.15) is 32.1 Å². The van der Waals surface area contributed by atoms with Crippen molar-refractivity contribution in [2.45, 2.75) is 79.7 Å². The fraction of sp³-hybridized carbons (Fsp3) is 0.938. The monoisotopic (exact) mass is 578 g/mol. The third-order valence-corrected chi connectivity index (χ3v) is 4.51. The zero-order chi connectivity index (χ0) is 29.2. The smallest absolute Gasteiger partial charge is 0.460 e. The Balaban J connectivity index is 5.94. The molecule has 0 saturated carbocycles. The summed E-state index contributed by atoms with van der Waals surface area (Å²) in [5.74, 6) is -58.2. The van der Waals surface area contributed by atoms with Crippen molar-refractivity contribution in [1.82, 2.24) is 0 Å². The van der Waals surface area contributed by atoms with Crippen molar-refractivity contribution in [3.8, 4) is 0 Å². The minimum Gasteiger partial charge on any atom is -0.465 e. The van der Waals surface area contributed by atoms with Gasteiger partial charge in [0.2, 0.25) is 0 Å². The van der Waals surface area contributed by atoms with Crippen molar-refractivity contribution >= 4 is 5.97 Å². The van der Waals surface area contributed by atoms with Crippen molar-refractivity contribution in [2.24, 2.45) is 0 Å². The van der Waals surface area contributed by atoms with Crippen molar-refractivity contribution in [1.29, 1.82) is 0 Å². The number of hydrogen-bond acceptors (Lipinski definition) is 3. The van der Waals surface area contributed by atoms with Crippen LogP contribution in [0.25, 0.3) is 0 Å². The lowest BCUT2D eigenvalue weighted by atomic mass is 9.88. The lowest BCUT2D eigenvalue weighted by Crippen LogP contribution is -2.74. The van der Waals surface area contributed by atoms with E-state index in [1.165, 1.54) is 0 Å². The zero-order valence-electron chi connectivity index (χ0n) is 17.1. The second kappa shape index (κ2) is 10.5. The van der Waals surface area contributed by atoms with E-state index in [2.05, 4.69) is 4.74 Å². The molecule has 0 aliphatic carbocycles. The minimum atomic E-state index is -8.68. The first-order chi connectivity index (χ1) is 15.7. The van der Waals surface area contributed by atoms with E-state index >= 15 is 0 Å². The number of carbonyl (C=O) groups excluding carboxylic acids is 1. The Morgan fingerprint density at radius 2 is 0.944 bits per heavy atom. The third-order valence-electron chi connectivity index (χ3n) is 4.51. The van der Waals surface area contributed by atoms with E-state index < -0.39 is 73.1 Å². The summed E-state index contributed by atoms with van der Waals surface area (Å²) in [4.78, 5) is 11.2. The van der Waals surface area contributed by atoms with Gasteiger partial charge in [-0.25, -0.2) is 0 Å². The Morgan fingerprint density at radius 1 is 0.556 bits per heavy atom. The van der Waals surface area contributed by atoms with E-state index in [4.69, 9.17) is 5.11 Å². The SMILES string of the molecule is O=C(CCCCCO)OCCC(F)(F)C(F)(F)C(F)(F)C(F)(F)C(F)(F)C(F)(F)C(F)(F)C(F)(F)F. The Kier molecular flexibility index (Phi) is 10.0. The normalized spacial score (nSPS) is 15.3. The van der Waals surface area contributed by atoms with Gasteiger partial charge in [-0.1, -0.05) is 6.42 Å². The molecule has 0 aliphatic heterocycles. The second-order valence-electron chi connectivity index (χ2n) is 7.15. The number of ether oxygens (including phenoxy) is 1. The quantitative estimate of drug-likeness (QED) is 0.146. The van der Waals surface area contributed by atoms with Gasteiger partial charge >= 0.3 is 53.6 Å². The van der Waals surface area contributed by atoms with Gasteiger partial charge in [0.05, 0.1) is 13.0 Å². The summed E-state index contributed by atoms with van der Waals surface area (Å²) in [7, 11) is 0. The molecule has 0 radical (unpaired) electrons. The van der Waals surface area contributed by atoms with Crippen molar-refractivity contribution in [3.05, 3.63) is 0 Å². The van der Waals surface area contributed by atoms with E-state index in [-0.39, 0.29) is 25.9 Å². The summed E-state index contributed by atoms with van der Waals surface area (Å²) in [5, 5.41) is 8.47. The molecule has 0 aromatic heterocycles. The molecular formula is C16H15F17O3. The Morgan fingerprint density at radius 3 is 1.33 bits per heavy atom. The van der Waals surface area contributed by atoms with E-state index in [0.29, 0.717) is 0 Å². The topological polar surface area (TPSA) is 46.5 Å². The van der Waals surface area contributed by atoms with Gasteiger partial charge in [-0.3, -0.25) is 4.79 Å². The molecule has 36 heavy (non-hydrogen) atoms. The van der Waals surface area contributed by atoms with Crippen LogP contribution in [0.5, 0.6) is 0 Å². The molecule has 0 spiro atoms. The first kappa shape index (κ1) is 34.2. The first-order valence-electron chi connectivity index (χ1n) is 9.18. The molecule has 0 unspecified atom stereocenters. The predicted octanol–water partition coefficient (Wildman–Crippen LogP) is 6.48. The maximum Gasteiger partial charge on any atom is 0.460 e. The molecule has 0 bridgehead atoms. The van der Waals surface area contributed by atoms with Crippen molar-refractivity contribution in [3.63, 3.8) is 0 Å². The lowest BCUT2D eigenvalue weighted by molar-refractivity contribution is -0.461. The molecular weight excluding hydrogens is 563 g/mol. The summed E-state index contributed by atoms with van der Waals surface area (Å²) in [6.45, 7) is -2.28. The molecule has 3 nitrogen and oxygen atoms in total. The first-order valence-corrected chi connectivity index (χ1v) is 9.18. The van der Waals surface area contributed by atoms with Crippen LogP contribution in [0.2, 0.25) is 0 Å². The molecule has 0 aliphatic rings. The highest BCUT2D eigenvalue weighted by molar-refractivity contribution is 5.69. The Labute approximate surface area is 189 Å². The number of aliphatic hydroxyl groups is 1. The fourth-order valence-corrected chi connectivity index (χ4v) is 2.28. The molecule has 0 rings (SSSR count). The molecule has 0 heterocycles. The number of hydrogen-bond donors (Lipinski definition) is 1. The van der Waals surface area contributed by atoms with Gasteiger partial charge in [0.15, 0.2) is 0 Å². The average Bonchev–Trinajstić information content (AvgIpc) is 2.69. The lowest BCUT2D eigenvalue weighted by Gasteiger charge is -2.42. The molecule has 0 aromatic carbocycles. The van der Waals surface area contributed by atoms with Crippen LogP contribution in [0.4, 0.5) is 74.6 Å². The van der Waals surface area contributed by atoms with E-state index in [0.717, 1.165) is 0 Å². The highest BCUT2D eigenvalue weighted by Crippen LogP contribution is 2.64. The molecule has 0 saturated heterocycles. The maximum absolute atomic E-state index is 13.6. The minimum absolute atomic E-state index is 0.0674. The molecule has 0 aromatic rings. The van der Waals surface area contributed by atoms with Crippen LogP contribution in [0.3, 0.4) is 0 Å². The highest BCUT2D eigenvalue weighted by Gasteiger charge is 2.95. The Hall–Kier alpha value is -1.76. The zero-order valence-corrected chi connectivity index (χ0v) is 17.1. The van der Waals surface area contributed by atoms with E-state index in [9.17, 15) is 79.4 Å². The molecule has 20 heteroatoms. The molecule has 0 atom stereocenters. The van der Waals surface area contributed by atoms with Gasteiger partial charge in [0.25, 0.3) is 0 Å². The number of rotatable bonds is 14. The fourth-order valence-electron chi connectivity index (χ4n) is 2.28. The molecule has 0 amide bonds. The summed E-state index contributed by atoms with van der Waals surface area (Å²) < 4.78 is 227. The van der Waals surface area contributed by atoms with Crippen LogP contribution in [-0.2, 0) is 9.53 Å². The summed E-state index contributed by atoms with van der Waals surface area (Å²) in [6, 6.07) is 0. The molecule has 216 valence electrons. The largest absolute Gasteiger partial charge is 0.465 e. The third kappa shape index (κ3) is 5.71. The van der Waals surface area contributed by atoms with Crippen LogP contribution in [0.15, 0.2) is 0 Å². The van der Waals surface area contributed by atoms with Gasteiger partial charge in [-0.15, -0.1) is 0 Å². The standard InChI is InChI=1S/C16H15F17O3/c17-9(18,5-7-36-8(35)4-2-1-3-6-34)10(19,20)11(21,22)12(23,24)13(25,26)14(27,28)15(29,30)16(31,32)33/h34H,1-7H2. The number of aliphatic hydroxyl groups excluding tert-OH is 1. The summed E-state index contributed by atoms with van der Waals surface area (Å²) >= 11 is 0. The second-order valence-corrected chi connectivity index (χ2v) is 7.15. The number of halogens is 17. The van der Waals surface area contributed by atoms with E-state index in [1.807, 2.05) is 0 Å². The van der Waals surface area contributed by atoms with Crippen LogP contribution < -0.4 is 0 Å². The number of carbonyl (C=O) groups is 1. The van der Waals surface area contributed by atoms with Gasteiger partial charge in [0, 0.05) is 13.0 Å². The van der Waals surface area contributed by atoms with Crippen LogP contribution in [-0.4, -0.2) is 71.9 Å². The van der Waals surface area contributed by atoms with E-state index in [1.54, 1.807) is 0 Å².